The minimum atomic E-state index is -3.50. The lowest BCUT2D eigenvalue weighted by atomic mass is 10.2. The average molecular weight is 357 g/mol. The highest BCUT2D eigenvalue weighted by Gasteiger charge is 2.28. The number of thiophene rings is 1. The largest absolute Gasteiger partial charge is 0.332 e. The molecule has 0 amide bonds. The summed E-state index contributed by atoms with van der Waals surface area (Å²) >= 11 is 1.05. The van der Waals surface area contributed by atoms with Gasteiger partial charge in [-0.1, -0.05) is 6.42 Å². The summed E-state index contributed by atoms with van der Waals surface area (Å²) in [5.41, 5.74) is 0. The van der Waals surface area contributed by atoms with Gasteiger partial charge in [0.15, 0.2) is 0 Å². The molecular weight excluding hydrogens is 342 g/mol. The molecule has 0 aliphatic carbocycles. The zero-order chi connectivity index (χ0) is 16.4. The van der Waals surface area contributed by atoms with Crippen molar-refractivity contribution in [2.24, 2.45) is 0 Å². The minimum absolute atomic E-state index is 0.185. The van der Waals surface area contributed by atoms with E-state index in [2.05, 4.69) is 15.5 Å². The van der Waals surface area contributed by atoms with Crippen molar-refractivity contribution in [1.82, 2.24) is 24.7 Å². The second kappa shape index (κ2) is 6.34. The molecule has 1 saturated heterocycles. The molecule has 0 bridgehead atoms. The molecule has 0 radical (unpaired) electrons. The lowest BCUT2D eigenvalue weighted by molar-refractivity contribution is -0.143. The molecule has 2 aromatic heterocycles. The molecule has 1 aliphatic rings. The van der Waals surface area contributed by atoms with Crippen molar-refractivity contribution in [3.8, 4) is 10.7 Å². The van der Waals surface area contributed by atoms with Crippen molar-refractivity contribution in [1.29, 1.82) is 0 Å². The van der Waals surface area contributed by atoms with Crippen molar-refractivity contribution >= 4 is 27.3 Å². The fraction of sp³-hybridized carbons (Fsp3) is 0.500. The highest BCUT2D eigenvalue weighted by Crippen LogP contribution is 2.31. The molecule has 3 heterocycles. The van der Waals surface area contributed by atoms with E-state index >= 15 is 0 Å². The summed E-state index contributed by atoms with van der Waals surface area (Å²) in [6, 6.07) is 3.13. The number of piperidine rings is 1. The van der Waals surface area contributed by atoms with Crippen LogP contribution in [0, 0.1) is 0 Å². The average Bonchev–Trinajstić information content (AvgIpc) is 3.16. The molecule has 0 aromatic carbocycles. The van der Waals surface area contributed by atoms with Crippen LogP contribution in [0.1, 0.15) is 26.2 Å². The summed E-state index contributed by atoms with van der Waals surface area (Å²) in [6.07, 6.45) is 2.81. The molecule has 1 fully saturated rings. The van der Waals surface area contributed by atoms with Gasteiger partial charge >= 0.3 is 5.97 Å². The van der Waals surface area contributed by atoms with Crippen LogP contribution in [-0.2, 0) is 14.8 Å². The van der Waals surface area contributed by atoms with Crippen LogP contribution in [0.25, 0.3) is 10.7 Å². The molecule has 0 saturated carbocycles. The number of tetrazole rings is 1. The number of carbonyl (C=O) groups excluding carboxylic acids is 1. The van der Waals surface area contributed by atoms with Crippen LogP contribution in [0.5, 0.6) is 0 Å². The Labute approximate surface area is 136 Å². The molecular formula is C12H15N5O4S2. The fourth-order valence-electron chi connectivity index (χ4n) is 2.32. The third-order valence-corrected chi connectivity index (χ3v) is 6.82. The maximum absolute atomic E-state index is 12.6. The molecule has 0 spiro atoms. The highest BCUT2D eigenvalue weighted by atomic mass is 32.2. The minimum Gasteiger partial charge on any atom is -0.316 e. The summed E-state index contributed by atoms with van der Waals surface area (Å²) < 4.78 is 27.0. The Morgan fingerprint density at radius 2 is 2.00 bits per heavy atom. The van der Waals surface area contributed by atoms with Crippen molar-refractivity contribution in [3.05, 3.63) is 12.1 Å². The van der Waals surface area contributed by atoms with Crippen molar-refractivity contribution < 1.29 is 18.0 Å². The summed E-state index contributed by atoms with van der Waals surface area (Å²) in [6.45, 7) is 2.31. The number of nitrogens with zero attached hydrogens (tertiary/aromatic N) is 5. The molecule has 9 nitrogen and oxygen atoms in total. The van der Waals surface area contributed by atoms with E-state index in [1.54, 1.807) is 6.07 Å². The van der Waals surface area contributed by atoms with E-state index < -0.39 is 16.0 Å². The summed E-state index contributed by atoms with van der Waals surface area (Å²) in [4.78, 5) is 17.3. The van der Waals surface area contributed by atoms with Gasteiger partial charge in [-0.2, -0.15) is 4.31 Å². The number of hydrogen-bond acceptors (Lipinski definition) is 8. The van der Waals surface area contributed by atoms with Crippen molar-refractivity contribution in [2.45, 2.75) is 30.4 Å². The van der Waals surface area contributed by atoms with Crippen LogP contribution in [-0.4, -0.2) is 52.2 Å². The first-order valence-electron chi connectivity index (χ1n) is 7.06. The van der Waals surface area contributed by atoms with Crippen LogP contribution < -0.4 is 4.84 Å². The van der Waals surface area contributed by atoms with Gasteiger partial charge in [-0.3, -0.25) is 0 Å². The van der Waals surface area contributed by atoms with E-state index in [9.17, 15) is 13.2 Å². The van der Waals surface area contributed by atoms with Gasteiger partial charge in [0.05, 0.1) is 4.88 Å². The van der Waals surface area contributed by atoms with E-state index in [-0.39, 0.29) is 10.0 Å². The van der Waals surface area contributed by atoms with E-state index in [1.807, 2.05) is 0 Å². The smallest absolute Gasteiger partial charge is 0.316 e. The highest BCUT2D eigenvalue weighted by molar-refractivity contribution is 7.91. The number of sulfonamides is 1. The second-order valence-electron chi connectivity index (χ2n) is 5.04. The third-order valence-electron chi connectivity index (χ3n) is 3.37. The van der Waals surface area contributed by atoms with Crippen molar-refractivity contribution in [2.75, 3.05) is 13.1 Å². The lowest BCUT2D eigenvalue weighted by Crippen LogP contribution is -2.35. The van der Waals surface area contributed by atoms with E-state index in [0.717, 1.165) is 35.4 Å². The Kier molecular flexibility index (Phi) is 4.41. The van der Waals surface area contributed by atoms with Gasteiger partial charge < -0.3 is 4.84 Å². The predicted octanol–water partition coefficient (Wildman–Crippen LogP) is 0.551. The Bertz CT molecular complexity index is 807. The van der Waals surface area contributed by atoms with Gasteiger partial charge in [0.2, 0.25) is 5.82 Å². The first kappa shape index (κ1) is 16.0. The molecule has 0 atom stereocenters. The van der Waals surface area contributed by atoms with Crippen LogP contribution in [0.2, 0.25) is 0 Å². The Balaban J connectivity index is 1.88. The quantitative estimate of drug-likeness (QED) is 0.735. The maximum atomic E-state index is 12.6. The van der Waals surface area contributed by atoms with Gasteiger partial charge in [0.1, 0.15) is 4.21 Å². The molecule has 1 aliphatic heterocycles. The van der Waals surface area contributed by atoms with Crippen LogP contribution in [0.3, 0.4) is 0 Å². The lowest BCUT2D eigenvalue weighted by Gasteiger charge is -2.25. The van der Waals surface area contributed by atoms with Gasteiger partial charge in [0.25, 0.3) is 10.0 Å². The van der Waals surface area contributed by atoms with E-state index in [1.165, 1.54) is 17.3 Å². The molecule has 124 valence electrons. The Morgan fingerprint density at radius 3 is 2.70 bits per heavy atom. The number of carbonyl (C=O) groups is 1. The molecule has 3 rings (SSSR count). The zero-order valence-corrected chi connectivity index (χ0v) is 14.0. The van der Waals surface area contributed by atoms with Crippen LogP contribution in [0.4, 0.5) is 0 Å². The maximum Gasteiger partial charge on any atom is 0.332 e. The first-order valence-corrected chi connectivity index (χ1v) is 9.32. The number of aromatic nitrogens is 4. The Morgan fingerprint density at radius 1 is 1.26 bits per heavy atom. The molecule has 2 aromatic rings. The molecule has 0 unspecified atom stereocenters. The van der Waals surface area contributed by atoms with E-state index in [0.29, 0.717) is 18.0 Å². The topological polar surface area (TPSA) is 107 Å². The summed E-state index contributed by atoms with van der Waals surface area (Å²) in [5.74, 6) is -0.387. The SMILES string of the molecule is CC(=O)On1nnnc1-c1ccc(S(=O)(=O)N2CCCCC2)s1. The molecule has 0 N–H and O–H groups in total. The van der Waals surface area contributed by atoms with Crippen molar-refractivity contribution in [3.63, 3.8) is 0 Å². The molecule has 23 heavy (non-hydrogen) atoms. The standard InChI is InChI=1S/C12H15N5O4S2/c1-9(18)21-17-12(13-14-15-17)10-5-6-11(22-10)23(19,20)16-7-3-2-4-8-16/h5-6H,2-4,7-8H2,1H3. The normalized spacial score (nSPS) is 16.4. The number of rotatable bonds is 4. The van der Waals surface area contributed by atoms with Gasteiger partial charge in [-0.25, -0.2) is 13.2 Å². The third kappa shape index (κ3) is 3.26. The van der Waals surface area contributed by atoms with Gasteiger partial charge in [-0.05, 0) is 40.2 Å². The first-order chi connectivity index (χ1) is 11.0. The van der Waals surface area contributed by atoms with Gasteiger partial charge in [-0.15, -0.1) is 16.4 Å². The zero-order valence-electron chi connectivity index (χ0n) is 12.4. The van der Waals surface area contributed by atoms with Gasteiger partial charge in [0, 0.05) is 20.0 Å². The second-order valence-corrected chi connectivity index (χ2v) is 8.29. The Hall–Kier alpha value is -1.85. The van der Waals surface area contributed by atoms with Crippen LogP contribution >= 0.6 is 11.3 Å². The number of hydrogen-bond donors (Lipinski definition) is 0. The summed E-state index contributed by atoms with van der Waals surface area (Å²) in [5, 5.41) is 10.8. The summed E-state index contributed by atoms with van der Waals surface area (Å²) in [7, 11) is -3.50. The van der Waals surface area contributed by atoms with Crippen LogP contribution in [0.15, 0.2) is 16.3 Å². The monoisotopic (exact) mass is 357 g/mol. The fourth-order valence-corrected chi connectivity index (χ4v) is 5.26. The predicted molar refractivity (Wildman–Crippen MR) is 81.0 cm³/mol. The molecule has 11 heteroatoms. The van der Waals surface area contributed by atoms with E-state index in [4.69, 9.17) is 4.84 Å².